The van der Waals surface area contributed by atoms with Crippen molar-refractivity contribution in [2.45, 2.75) is 0 Å². The second-order valence-electron chi connectivity index (χ2n) is 9.03. The number of benzene rings is 4. The molecule has 0 fully saturated rings. The van der Waals surface area contributed by atoms with Gasteiger partial charge in [-0.3, -0.25) is 0 Å². The van der Waals surface area contributed by atoms with E-state index in [-0.39, 0.29) is 0 Å². The van der Waals surface area contributed by atoms with Gasteiger partial charge >= 0.3 is 0 Å². The monoisotopic (exact) mass is 499 g/mol. The second-order valence-corrected chi connectivity index (χ2v) is 9.03. The normalized spacial score (nSPS) is 10.6. The number of pyridine rings is 1. The van der Waals surface area contributed by atoms with Crippen molar-refractivity contribution in [3.8, 4) is 44.8 Å². The van der Waals surface area contributed by atoms with Crippen LogP contribution in [-0.4, -0.2) is 33.2 Å². The quantitative estimate of drug-likeness (QED) is 0.175. The molecule has 0 aliphatic carbocycles. The largest absolute Gasteiger partial charge is 0.386 e. The Morgan fingerprint density at radius 3 is 1.29 bits per heavy atom. The molecule has 0 saturated heterocycles. The molecule has 0 aliphatic rings. The van der Waals surface area contributed by atoms with Crippen LogP contribution < -0.4 is 21.3 Å². The Hall–Kier alpha value is -4.77. The van der Waals surface area contributed by atoms with E-state index in [9.17, 15) is 0 Å². The van der Waals surface area contributed by atoms with Gasteiger partial charge in [0.15, 0.2) is 0 Å². The lowest BCUT2D eigenvalue weighted by atomic mass is 9.95. The predicted octanol–water partition coefficient (Wildman–Crippen LogP) is 7.92. The fraction of sp³-hybridized carbons (Fsp3) is 0.121. The average Bonchev–Trinajstić information content (AvgIpc) is 3.00. The minimum Gasteiger partial charge on any atom is -0.386 e. The van der Waals surface area contributed by atoms with Gasteiger partial charge in [0.2, 0.25) is 0 Å². The molecule has 0 aliphatic heterocycles. The van der Waals surface area contributed by atoms with Gasteiger partial charge in [0.25, 0.3) is 0 Å². The van der Waals surface area contributed by atoms with Crippen molar-refractivity contribution in [3.63, 3.8) is 0 Å². The van der Waals surface area contributed by atoms with Crippen molar-refractivity contribution in [2.75, 3.05) is 49.5 Å². The molecule has 1 aromatic heterocycles. The number of hydrogen-bond acceptors (Lipinski definition) is 5. The van der Waals surface area contributed by atoms with Crippen LogP contribution >= 0.6 is 0 Å². The Balaban J connectivity index is 1.63. The molecule has 5 aromatic rings. The summed E-state index contributed by atoms with van der Waals surface area (Å²) in [6.07, 6.45) is 0. The molecular formula is C33H33N5. The standard InChI is InChI=1S/C33H33N5/c1-34-29-21-30(35-2)33(37-4)31(32(29)36-3)25-17-15-22(16-18-25)26-19-27(23-11-7-5-8-12-23)38-28(20-26)24-13-9-6-10-14-24/h5-21,34-37H,1-4H3. The molecule has 0 radical (unpaired) electrons. The first-order valence-corrected chi connectivity index (χ1v) is 12.8. The second kappa shape index (κ2) is 11.1. The molecule has 0 atom stereocenters. The Morgan fingerprint density at radius 2 is 0.868 bits per heavy atom. The van der Waals surface area contributed by atoms with E-state index in [4.69, 9.17) is 4.98 Å². The van der Waals surface area contributed by atoms with Crippen molar-refractivity contribution in [2.24, 2.45) is 0 Å². The Kier molecular flexibility index (Phi) is 7.27. The molecule has 0 amide bonds. The van der Waals surface area contributed by atoms with E-state index >= 15 is 0 Å². The minimum atomic E-state index is 0.960. The van der Waals surface area contributed by atoms with Crippen LogP contribution in [0, 0.1) is 0 Å². The zero-order valence-corrected chi connectivity index (χ0v) is 22.3. The fourth-order valence-corrected chi connectivity index (χ4v) is 4.93. The molecule has 0 spiro atoms. The van der Waals surface area contributed by atoms with E-state index in [1.807, 2.05) is 40.3 Å². The van der Waals surface area contributed by atoms with Crippen LogP contribution in [0.5, 0.6) is 0 Å². The topological polar surface area (TPSA) is 61.0 Å². The highest BCUT2D eigenvalue weighted by Gasteiger charge is 2.18. The maximum absolute atomic E-state index is 5.02. The van der Waals surface area contributed by atoms with Crippen LogP contribution in [0.3, 0.4) is 0 Å². The lowest BCUT2D eigenvalue weighted by molar-refractivity contribution is 1.32. The number of nitrogens with zero attached hydrogens (tertiary/aromatic N) is 1. The van der Waals surface area contributed by atoms with Crippen molar-refractivity contribution in [3.05, 3.63) is 103 Å². The molecule has 4 N–H and O–H groups in total. The smallest absolute Gasteiger partial charge is 0.0715 e. The van der Waals surface area contributed by atoms with Gasteiger partial charge in [0.1, 0.15) is 0 Å². The van der Waals surface area contributed by atoms with E-state index < -0.39 is 0 Å². The van der Waals surface area contributed by atoms with Crippen molar-refractivity contribution in [1.29, 1.82) is 0 Å². The molecule has 0 saturated carbocycles. The van der Waals surface area contributed by atoms with Gasteiger partial charge in [-0.25, -0.2) is 4.98 Å². The third-order valence-electron chi connectivity index (χ3n) is 6.84. The van der Waals surface area contributed by atoms with Gasteiger partial charge in [-0.15, -0.1) is 0 Å². The van der Waals surface area contributed by atoms with Gasteiger partial charge in [0.05, 0.1) is 34.1 Å². The lowest BCUT2D eigenvalue weighted by Gasteiger charge is -2.22. The highest BCUT2D eigenvalue weighted by Crippen LogP contribution is 2.45. The van der Waals surface area contributed by atoms with Crippen LogP contribution in [0.1, 0.15) is 0 Å². The third-order valence-corrected chi connectivity index (χ3v) is 6.84. The van der Waals surface area contributed by atoms with E-state index in [0.29, 0.717) is 0 Å². The van der Waals surface area contributed by atoms with Crippen molar-refractivity contribution in [1.82, 2.24) is 4.98 Å². The van der Waals surface area contributed by atoms with Crippen LogP contribution in [0.2, 0.25) is 0 Å². The summed E-state index contributed by atoms with van der Waals surface area (Å²) in [7, 11) is 7.80. The summed E-state index contributed by atoms with van der Waals surface area (Å²) in [4.78, 5) is 5.02. The summed E-state index contributed by atoms with van der Waals surface area (Å²) in [6.45, 7) is 0. The zero-order chi connectivity index (χ0) is 26.5. The Bertz CT molecular complexity index is 1440. The number of hydrogen-bond donors (Lipinski definition) is 4. The molecule has 0 bridgehead atoms. The Morgan fingerprint density at radius 1 is 0.421 bits per heavy atom. The van der Waals surface area contributed by atoms with Gasteiger partial charge in [-0.2, -0.15) is 0 Å². The zero-order valence-electron chi connectivity index (χ0n) is 22.3. The van der Waals surface area contributed by atoms with Crippen LogP contribution in [0.4, 0.5) is 22.7 Å². The summed E-state index contributed by atoms with van der Waals surface area (Å²) < 4.78 is 0. The maximum Gasteiger partial charge on any atom is 0.0715 e. The first-order valence-electron chi connectivity index (χ1n) is 12.8. The lowest BCUT2D eigenvalue weighted by Crippen LogP contribution is -2.06. The number of nitrogens with one attached hydrogen (secondary N) is 4. The first-order chi connectivity index (χ1) is 18.7. The van der Waals surface area contributed by atoms with Crippen molar-refractivity contribution < 1.29 is 0 Å². The van der Waals surface area contributed by atoms with E-state index in [0.717, 1.165) is 67.5 Å². The van der Waals surface area contributed by atoms with Crippen LogP contribution in [0.15, 0.2) is 103 Å². The van der Waals surface area contributed by atoms with Gasteiger partial charge in [-0.1, -0.05) is 84.9 Å². The predicted molar refractivity (Wildman–Crippen MR) is 164 cm³/mol. The van der Waals surface area contributed by atoms with Gasteiger partial charge in [0, 0.05) is 44.9 Å². The molecule has 190 valence electrons. The van der Waals surface area contributed by atoms with E-state index in [1.54, 1.807) is 0 Å². The first kappa shape index (κ1) is 24.9. The molecule has 5 nitrogen and oxygen atoms in total. The van der Waals surface area contributed by atoms with Gasteiger partial charge in [-0.05, 0) is 34.9 Å². The maximum atomic E-state index is 5.02. The number of anilines is 4. The number of aromatic nitrogens is 1. The number of rotatable bonds is 8. The summed E-state index contributed by atoms with van der Waals surface area (Å²) >= 11 is 0. The van der Waals surface area contributed by atoms with E-state index in [2.05, 4.69) is 112 Å². The summed E-state index contributed by atoms with van der Waals surface area (Å²) in [5.41, 5.74) is 12.8. The molecular weight excluding hydrogens is 466 g/mol. The fourth-order valence-electron chi connectivity index (χ4n) is 4.93. The molecule has 0 unspecified atom stereocenters. The SMILES string of the molecule is CNc1cc(NC)c(NC)c(-c2ccc(-c3cc(-c4ccccc4)nc(-c4ccccc4)c3)cc2)c1NC. The summed E-state index contributed by atoms with van der Waals surface area (Å²) in [5, 5.41) is 13.4. The highest BCUT2D eigenvalue weighted by atomic mass is 15.0. The van der Waals surface area contributed by atoms with Gasteiger partial charge < -0.3 is 21.3 Å². The van der Waals surface area contributed by atoms with E-state index in [1.165, 1.54) is 0 Å². The van der Waals surface area contributed by atoms with Crippen LogP contribution in [-0.2, 0) is 0 Å². The molecule has 38 heavy (non-hydrogen) atoms. The minimum absolute atomic E-state index is 0.960. The molecule has 4 aromatic carbocycles. The molecule has 5 heteroatoms. The average molecular weight is 500 g/mol. The third kappa shape index (κ3) is 4.78. The molecule has 1 heterocycles. The summed E-state index contributed by atoms with van der Waals surface area (Å²) in [6, 6.07) is 35.9. The summed E-state index contributed by atoms with van der Waals surface area (Å²) in [5.74, 6) is 0. The molecule has 5 rings (SSSR count). The van der Waals surface area contributed by atoms with Crippen LogP contribution in [0.25, 0.3) is 44.8 Å². The Labute approximate surface area is 225 Å². The van der Waals surface area contributed by atoms with Crippen molar-refractivity contribution >= 4 is 22.7 Å². The highest BCUT2D eigenvalue weighted by molar-refractivity contribution is 6.01.